The van der Waals surface area contributed by atoms with Gasteiger partial charge in [0.25, 0.3) is 11.4 Å². The molecule has 1 aliphatic heterocycles. The van der Waals surface area contributed by atoms with Crippen LogP contribution in [0.1, 0.15) is 42.3 Å². The standard InChI is InChI=1S/C30H32N6O/c1-19-7-9-23(10-8-19)30(24-15-20(2)13-14-32-24)36-18-21(3)35(17-22(36)4)26-16-28(37)34(6)25-11-12-27(31-5)33-29(25)26/h7-16,21-22,30H,17-18H2,1-4,6H3/t21-,22+,30?/m0/s1. The second-order valence-electron chi connectivity index (χ2n) is 10.2. The maximum absolute atomic E-state index is 12.9. The van der Waals surface area contributed by atoms with Crippen LogP contribution in [0, 0.1) is 20.4 Å². The molecule has 5 rings (SSSR count). The first kappa shape index (κ1) is 24.7. The lowest BCUT2D eigenvalue weighted by molar-refractivity contribution is 0.128. The maximum Gasteiger partial charge on any atom is 0.270 e. The summed E-state index contributed by atoms with van der Waals surface area (Å²) in [5.41, 5.74) is 6.82. The summed E-state index contributed by atoms with van der Waals surface area (Å²) in [5, 5.41) is 0. The number of benzene rings is 1. The van der Waals surface area contributed by atoms with Gasteiger partial charge in [0.15, 0.2) is 0 Å². The average molecular weight is 493 g/mol. The molecule has 7 nitrogen and oxygen atoms in total. The number of anilines is 1. The van der Waals surface area contributed by atoms with E-state index >= 15 is 0 Å². The summed E-state index contributed by atoms with van der Waals surface area (Å²) in [6, 6.07) is 18.4. The fourth-order valence-corrected chi connectivity index (χ4v) is 5.42. The third-order valence-electron chi connectivity index (χ3n) is 7.45. The summed E-state index contributed by atoms with van der Waals surface area (Å²) in [6.07, 6.45) is 1.89. The molecule has 37 heavy (non-hydrogen) atoms. The Morgan fingerprint density at radius 2 is 1.73 bits per heavy atom. The van der Waals surface area contributed by atoms with Crippen molar-refractivity contribution in [1.82, 2.24) is 19.4 Å². The number of hydrogen-bond donors (Lipinski definition) is 0. The van der Waals surface area contributed by atoms with Gasteiger partial charge in [0.2, 0.25) is 5.52 Å². The summed E-state index contributed by atoms with van der Waals surface area (Å²) in [6.45, 7) is 17.6. The van der Waals surface area contributed by atoms with Crippen molar-refractivity contribution in [3.8, 4) is 0 Å². The Hall–Kier alpha value is -4.02. The topological polar surface area (TPSA) is 58.6 Å². The van der Waals surface area contributed by atoms with E-state index in [2.05, 4.69) is 77.7 Å². The predicted octanol–water partition coefficient (Wildman–Crippen LogP) is 5.18. The van der Waals surface area contributed by atoms with Crippen molar-refractivity contribution in [2.75, 3.05) is 18.0 Å². The molecule has 0 radical (unpaired) electrons. The monoisotopic (exact) mass is 492 g/mol. The van der Waals surface area contributed by atoms with Crippen molar-refractivity contribution in [2.24, 2.45) is 7.05 Å². The van der Waals surface area contributed by atoms with Crippen molar-refractivity contribution in [3.63, 3.8) is 0 Å². The Morgan fingerprint density at radius 1 is 0.973 bits per heavy atom. The van der Waals surface area contributed by atoms with E-state index in [-0.39, 0.29) is 23.7 Å². The number of hydrogen-bond acceptors (Lipinski definition) is 5. The molecule has 0 saturated carbocycles. The molecule has 0 N–H and O–H groups in total. The lowest BCUT2D eigenvalue weighted by Crippen LogP contribution is -2.57. The highest BCUT2D eigenvalue weighted by Gasteiger charge is 2.37. The highest BCUT2D eigenvalue weighted by atomic mass is 16.1. The van der Waals surface area contributed by atoms with Crippen LogP contribution in [0.25, 0.3) is 15.9 Å². The van der Waals surface area contributed by atoms with Gasteiger partial charge in [-0.15, -0.1) is 4.98 Å². The summed E-state index contributed by atoms with van der Waals surface area (Å²) >= 11 is 0. The van der Waals surface area contributed by atoms with Crippen LogP contribution >= 0.6 is 0 Å². The van der Waals surface area contributed by atoms with Crippen LogP contribution in [-0.4, -0.2) is 44.6 Å². The first-order valence-corrected chi connectivity index (χ1v) is 12.7. The van der Waals surface area contributed by atoms with Crippen LogP contribution in [0.4, 0.5) is 11.5 Å². The van der Waals surface area contributed by atoms with Gasteiger partial charge in [0.05, 0.1) is 22.9 Å². The average Bonchev–Trinajstić information content (AvgIpc) is 2.89. The first-order chi connectivity index (χ1) is 17.8. The molecule has 188 valence electrons. The Balaban J connectivity index is 1.56. The third kappa shape index (κ3) is 4.61. The third-order valence-corrected chi connectivity index (χ3v) is 7.45. The number of nitrogens with zero attached hydrogens (tertiary/aromatic N) is 6. The maximum atomic E-state index is 12.9. The molecule has 0 spiro atoms. The Labute approximate surface area is 217 Å². The van der Waals surface area contributed by atoms with Gasteiger partial charge in [-0.3, -0.25) is 14.7 Å². The normalized spacial score (nSPS) is 19.1. The van der Waals surface area contributed by atoms with E-state index in [1.807, 2.05) is 18.3 Å². The molecule has 3 aromatic heterocycles. The van der Waals surface area contributed by atoms with Crippen molar-refractivity contribution in [1.29, 1.82) is 0 Å². The van der Waals surface area contributed by atoms with Crippen molar-refractivity contribution < 1.29 is 0 Å². The highest BCUT2D eigenvalue weighted by Crippen LogP contribution is 2.35. The fraction of sp³-hybridized carbons (Fsp3) is 0.333. The van der Waals surface area contributed by atoms with Crippen LogP contribution < -0.4 is 10.5 Å². The lowest BCUT2D eigenvalue weighted by Gasteiger charge is -2.48. The molecule has 4 aromatic rings. The molecule has 0 bridgehead atoms. The molecule has 0 amide bonds. The van der Waals surface area contributed by atoms with Gasteiger partial charge in [-0.25, -0.2) is 0 Å². The van der Waals surface area contributed by atoms with Gasteiger partial charge in [0.1, 0.15) is 0 Å². The smallest absolute Gasteiger partial charge is 0.270 e. The minimum atomic E-state index is -0.0800. The van der Waals surface area contributed by atoms with Crippen LogP contribution in [0.15, 0.2) is 65.6 Å². The summed E-state index contributed by atoms with van der Waals surface area (Å²) in [7, 11) is 1.75. The molecular formula is C30H32N6O. The van der Waals surface area contributed by atoms with E-state index in [1.165, 1.54) is 16.7 Å². The summed E-state index contributed by atoms with van der Waals surface area (Å²) < 4.78 is 1.60. The van der Waals surface area contributed by atoms with Gasteiger partial charge in [-0.2, -0.15) is 0 Å². The number of rotatable bonds is 4. The highest BCUT2D eigenvalue weighted by molar-refractivity contribution is 5.89. The van der Waals surface area contributed by atoms with Gasteiger partial charge >= 0.3 is 0 Å². The molecule has 1 aromatic carbocycles. The molecule has 1 unspecified atom stereocenters. The minimum absolute atomic E-state index is 0.0207. The Bertz CT molecular complexity index is 1550. The van der Waals surface area contributed by atoms with E-state index in [0.29, 0.717) is 11.3 Å². The minimum Gasteiger partial charge on any atom is -0.362 e. The van der Waals surface area contributed by atoms with Gasteiger partial charge < -0.3 is 14.3 Å². The molecule has 7 heteroatoms. The van der Waals surface area contributed by atoms with Crippen molar-refractivity contribution in [3.05, 3.63) is 105 Å². The van der Waals surface area contributed by atoms with Crippen molar-refractivity contribution in [2.45, 2.75) is 45.8 Å². The zero-order chi connectivity index (χ0) is 26.3. The van der Waals surface area contributed by atoms with Crippen molar-refractivity contribution >= 4 is 22.5 Å². The zero-order valence-corrected chi connectivity index (χ0v) is 22.0. The number of fused-ring (bicyclic) bond motifs is 1. The largest absolute Gasteiger partial charge is 0.362 e. The molecule has 3 atom stereocenters. The van der Waals surface area contributed by atoms with Gasteiger partial charge in [-0.05, 0) is 63.1 Å². The summed E-state index contributed by atoms with van der Waals surface area (Å²) in [5.74, 6) is 0.330. The zero-order valence-electron chi connectivity index (χ0n) is 22.0. The van der Waals surface area contributed by atoms with Crippen LogP contribution in [0.2, 0.25) is 0 Å². The van der Waals surface area contributed by atoms with E-state index in [9.17, 15) is 4.79 Å². The number of pyridine rings is 3. The SMILES string of the molecule is [C-]#[N+]c1ccc2c(n1)c(N1C[C@@H](C)N(C(c3ccc(C)cc3)c3cc(C)ccn3)C[C@@H]1C)cc(=O)n2C. The second-order valence-corrected chi connectivity index (χ2v) is 10.2. The van der Waals surface area contributed by atoms with E-state index in [1.54, 1.807) is 23.7 Å². The number of aromatic nitrogens is 3. The van der Waals surface area contributed by atoms with Crippen LogP contribution in [-0.2, 0) is 7.05 Å². The number of piperazine rings is 1. The molecule has 1 fully saturated rings. The molecule has 1 aliphatic rings. The van der Waals surface area contributed by atoms with Crippen LogP contribution in [0.3, 0.4) is 0 Å². The van der Waals surface area contributed by atoms with E-state index < -0.39 is 0 Å². The quantitative estimate of drug-likeness (QED) is 0.367. The lowest BCUT2D eigenvalue weighted by atomic mass is 9.95. The fourth-order valence-electron chi connectivity index (χ4n) is 5.42. The number of aryl methyl sites for hydroxylation is 3. The predicted molar refractivity (Wildman–Crippen MR) is 148 cm³/mol. The molecule has 0 aliphatic carbocycles. The van der Waals surface area contributed by atoms with Gasteiger partial charge in [-0.1, -0.05) is 36.4 Å². The van der Waals surface area contributed by atoms with Gasteiger partial charge in [0, 0.05) is 44.5 Å². The Morgan fingerprint density at radius 3 is 2.43 bits per heavy atom. The second kappa shape index (κ2) is 9.79. The molecule has 1 saturated heterocycles. The van der Waals surface area contributed by atoms with E-state index in [0.717, 1.165) is 30.0 Å². The van der Waals surface area contributed by atoms with E-state index in [4.69, 9.17) is 11.6 Å². The van der Waals surface area contributed by atoms with Crippen LogP contribution in [0.5, 0.6) is 0 Å². The molecule has 4 heterocycles. The Kier molecular flexibility index (Phi) is 6.53. The first-order valence-electron chi connectivity index (χ1n) is 12.7. The summed E-state index contributed by atoms with van der Waals surface area (Å²) in [4.78, 5) is 30.6. The molecular weight excluding hydrogens is 460 g/mol.